The number of anilines is 1. The molecular weight excluding hydrogens is 224 g/mol. The Morgan fingerprint density at radius 1 is 1.39 bits per heavy atom. The Bertz CT molecular complexity index is 381. The van der Waals surface area contributed by atoms with E-state index in [2.05, 4.69) is 34.9 Å². The highest BCUT2D eigenvalue weighted by atomic mass is 15.2. The Kier molecular flexibility index (Phi) is 4.19. The van der Waals surface area contributed by atoms with Crippen LogP contribution < -0.4 is 10.6 Å². The summed E-state index contributed by atoms with van der Waals surface area (Å²) >= 11 is 0. The molecule has 2 rings (SSSR count). The Balaban J connectivity index is 2.03. The maximum absolute atomic E-state index is 5.92. The van der Waals surface area contributed by atoms with Crippen molar-refractivity contribution in [3.63, 3.8) is 0 Å². The van der Waals surface area contributed by atoms with Crippen LogP contribution in [0.3, 0.4) is 0 Å². The Hall–Kier alpha value is -1.13. The van der Waals surface area contributed by atoms with E-state index in [-0.39, 0.29) is 6.04 Å². The van der Waals surface area contributed by atoms with Gasteiger partial charge in [-0.2, -0.15) is 0 Å². The molecule has 0 aliphatic carbocycles. The molecule has 4 heteroatoms. The third kappa shape index (κ3) is 3.00. The van der Waals surface area contributed by atoms with Gasteiger partial charge in [-0.1, -0.05) is 0 Å². The van der Waals surface area contributed by atoms with E-state index in [1.807, 2.05) is 19.2 Å². The summed E-state index contributed by atoms with van der Waals surface area (Å²) in [6, 6.07) is 4.91. The number of pyridine rings is 1. The van der Waals surface area contributed by atoms with Crippen molar-refractivity contribution in [2.24, 2.45) is 5.73 Å². The van der Waals surface area contributed by atoms with Crippen molar-refractivity contribution in [3.05, 3.63) is 23.9 Å². The summed E-state index contributed by atoms with van der Waals surface area (Å²) in [4.78, 5) is 9.16. The molecule has 1 fully saturated rings. The van der Waals surface area contributed by atoms with Crippen LogP contribution in [0.25, 0.3) is 0 Å². The minimum absolute atomic E-state index is 0.0751. The van der Waals surface area contributed by atoms with Crippen molar-refractivity contribution in [1.82, 2.24) is 9.88 Å². The van der Waals surface area contributed by atoms with Gasteiger partial charge in [0.15, 0.2) is 0 Å². The lowest BCUT2D eigenvalue weighted by molar-refractivity contribution is 0.249. The first-order valence-electron chi connectivity index (χ1n) is 6.71. The fourth-order valence-electron chi connectivity index (χ4n) is 2.50. The van der Waals surface area contributed by atoms with Gasteiger partial charge < -0.3 is 15.5 Å². The van der Waals surface area contributed by atoms with E-state index in [1.165, 1.54) is 12.8 Å². The lowest BCUT2D eigenvalue weighted by Gasteiger charge is -2.36. The second kappa shape index (κ2) is 5.67. The van der Waals surface area contributed by atoms with Gasteiger partial charge in [-0.15, -0.1) is 0 Å². The summed E-state index contributed by atoms with van der Waals surface area (Å²) in [5.74, 6) is 1.07. The van der Waals surface area contributed by atoms with Crippen LogP contribution in [0, 0.1) is 0 Å². The van der Waals surface area contributed by atoms with E-state index in [0.717, 1.165) is 24.5 Å². The molecule has 1 aliphatic heterocycles. The number of nitrogens with zero attached hydrogens (tertiary/aromatic N) is 3. The van der Waals surface area contributed by atoms with Gasteiger partial charge in [-0.05, 0) is 51.6 Å². The number of hydrogen-bond acceptors (Lipinski definition) is 4. The molecule has 0 spiro atoms. The summed E-state index contributed by atoms with van der Waals surface area (Å²) in [6.45, 7) is 4.17. The zero-order valence-corrected chi connectivity index (χ0v) is 11.6. The normalized spacial score (nSPS) is 19.3. The van der Waals surface area contributed by atoms with Crippen LogP contribution in [-0.2, 0) is 0 Å². The number of hydrogen-bond donors (Lipinski definition) is 1. The zero-order chi connectivity index (χ0) is 13.1. The van der Waals surface area contributed by atoms with Crippen LogP contribution in [0.5, 0.6) is 0 Å². The predicted molar refractivity (Wildman–Crippen MR) is 75.8 cm³/mol. The summed E-state index contributed by atoms with van der Waals surface area (Å²) in [5, 5.41) is 0. The molecule has 2 N–H and O–H groups in total. The van der Waals surface area contributed by atoms with E-state index >= 15 is 0 Å². The van der Waals surface area contributed by atoms with Crippen molar-refractivity contribution in [1.29, 1.82) is 0 Å². The second-order valence-corrected chi connectivity index (χ2v) is 5.42. The molecule has 0 saturated carbocycles. The Morgan fingerprint density at radius 2 is 2.06 bits per heavy atom. The van der Waals surface area contributed by atoms with Crippen molar-refractivity contribution in [3.8, 4) is 0 Å². The smallest absolute Gasteiger partial charge is 0.128 e. The average molecular weight is 248 g/mol. The minimum Gasteiger partial charge on any atom is -0.356 e. The third-order valence-corrected chi connectivity index (χ3v) is 3.81. The van der Waals surface area contributed by atoms with Gasteiger partial charge in [0, 0.05) is 31.4 Å². The summed E-state index contributed by atoms with van der Waals surface area (Å²) in [5.41, 5.74) is 7.08. The van der Waals surface area contributed by atoms with Crippen molar-refractivity contribution >= 4 is 5.82 Å². The summed E-state index contributed by atoms with van der Waals surface area (Å²) < 4.78 is 0. The number of rotatable bonds is 3. The van der Waals surface area contributed by atoms with Crippen molar-refractivity contribution in [2.75, 3.05) is 32.1 Å². The molecule has 1 aromatic heterocycles. The monoisotopic (exact) mass is 248 g/mol. The van der Waals surface area contributed by atoms with Gasteiger partial charge in [0.05, 0.1) is 0 Å². The summed E-state index contributed by atoms with van der Waals surface area (Å²) in [6.07, 6.45) is 4.28. The van der Waals surface area contributed by atoms with Gasteiger partial charge in [-0.3, -0.25) is 0 Å². The fraction of sp³-hybridized carbons (Fsp3) is 0.643. The molecule has 0 aromatic carbocycles. The predicted octanol–water partition coefficient (Wildman–Crippen LogP) is 1.63. The number of nitrogens with two attached hydrogens (primary N) is 1. The van der Waals surface area contributed by atoms with Crippen LogP contribution in [0.1, 0.15) is 31.4 Å². The van der Waals surface area contributed by atoms with Crippen LogP contribution in [-0.4, -0.2) is 43.1 Å². The SMILES string of the molecule is C[C@@H](N)c1ccnc(N2CCC(N(C)C)CC2)c1. The van der Waals surface area contributed by atoms with Crippen molar-refractivity contribution < 1.29 is 0 Å². The van der Waals surface area contributed by atoms with E-state index in [1.54, 1.807) is 0 Å². The van der Waals surface area contributed by atoms with E-state index < -0.39 is 0 Å². The first-order chi connectivity index (χ1) is 8.58. The molecule has 2 heterocycles. The maximum atomic E-state index is 5.92. The van der Waals surface area contributed by atoms with E-state index in [4.69, 9.17) is 5.73 Å². The number of aromatic nitrogens is 1. The Morgan fingerprint density at radius 3 is 2.61 bits per heavy atom. The maximum Gasteiger partial charge on any atom is 0.128 e. The average Bonchev–Trinajstić information content (AvgIpc) is 2.39. The lowest BCUT2D eigenvalue weighted by Crippen LogP contribution is -2.42. The first-order valence-corrected chi connectivity index (χ1v) is 6.71. The molecule has 4 nitrogen and oxygen atoms in total. The van der Waals surface area contributed by atoms with Crippen LogP contribution in [0.4, 0.5) is 5.82 Å². The minimum atomic E-state index is 0.0751. The molecule has 1 saturated heterocycles. The highest BCUT2D eigenvalue weighted by molar-refractivity contribution is 5.42. The van der Waals surface area contributed by atoms with Gasteiger partial charge in [-0.25, -0.2) is 4.98 Å². The summed E-state index contributed by atoms with van der Waals surface area (Å²) in [7, 11) is 4.32. The topological polar surface area (TPSA) is 45.4 Å². The molecular formula is C14H24N4. The van der Waals surface area contributed by atoms with Crippen LogP contribution >= 0.6 is 0 Å². The molecule has 0 bridgehead atoms. The second-order valence-electron chi connectivity index (χ2n) is 5.42. The van der Waals surface area contributed by atoms with Gasteiger partial charge in [0.25, 0.3) is 0 Å². The van der Waals surface area contributed by atoms with Crippen molar-refractivity contribution in [2.45, 2.75) is 31.8 Å². The molecule has 0 radical (unpaired) electrons. The first kappa shape index (κ1) is 13.3. The largest absolute Gasteiger partial charge is 0.356 e. The molecule has 0 unspecified atom stereocenters. The van der Waals surface area contributed by atoms with Gasteiger partial charge in [0.1, 0.15) is 5.82 Å². The number of piperidine rings is 1. The van der Waals surface area contributed by atoms with E-state index in [0.29, 0.717) is 6.04 Å². The lowest BCUT2D eigenvalue weighted by atomic mass is 10.0. The highest BCUT2D eigenvalue weighted by Gasteiger charge is 2.21. The third-order valence-electron chi connectivity index (χ3n) is 3.81. The molecule has 1 atom stereocenters. The molecule has 0 amide bonds. The molecule has 100 valence electrons. The Labute approximate surface area is 110 Å². The molecule has 1 aliphatic rings. The van der Waals surface area contributed by atoms with E-state index in [9.17, 15) is 0 Å². The quantitative estimate of drug-likeness (QED) is 0.883. The highest BCUT2D eigenvalue weighted by Crippen LogP contribution is 2.22. The van der Waals surface area contributed by atoms with Gasteiger partial charge >= 0.3 is 0 Å². The standard InChI is InChI=1S/C14H24N4/c1-11(15)12-4-7-16-14(10-12)18-8-5-13(6-9-18)17(2)3/h4,7,10-11,13H,5-6,8-9,15H2,1-3H3/t11-/m1/s1. The van der Waals surface area contributed by atoms with Gasteiger partial charge in [0.2, 0.25) is 0 Å². The zero-order valence-electron chi connectivity index (χ0n) is 11.6. The van der Waals surface area contributed by atoms with Crippen LogP contribution in [0.2, 0.25) is 0 Å². The van der Waals surface area contributed by atoms with Crippen LogP contribution in [0.15, 0.2) is 18.3 Å². The molecule has 1 aromatic rings. The fourth-order valence-corrected chi connectivity index (χ4v) is 2.50. The molecule has 18 heavy (non-hydrogen) atoms.